The number of carbonyl (C=O) groups is 1. The van der Waals surface area contributed by atoms with Crippen LogP contribution in [0.5, 0.6) is 5.75 Å². The average Bonchev–Trinajstić information content (AvgIpc) is 2.47. The van der Waals surface area contributed by atoms with E-state index in [1.165, 1.54) is 0 Å². The molecule has 0 saturated carbocycles. The molecule has 4 nitrogen and oxygen atoms in total. The molecule has 1 aromatic carbocycles. The molecule has 1 aromatic rings. The summed E-state index contributed by atoms with van der Waals surface area (Å²) in [5.74, 6) is 0.383. The molecule has 0 spiro atoms. The van der Waals surface area contributed by atoms with E-state index in [1.54, 1.807) is 18.7 Å². The van der Waals surface area contributed by atoms with Crippen molar-refractivity contribution >= 4 is 17.7 Å². The number of nitrogens with one attached hydrogen (secondary N) is 1. The van der Waals surface area contributed by atoms with E-state index in [0.717, 1.165) is 11.3 Å². The fraction of sp³-hybridized carbons (Fsp3) is 0.467. The maximum Gasteiger partial charge on any atom is 0.261 e. The highest BCUT2D eigenvalue weighted by Crippen LogP contribution is 2.19. The van der Waals surface area contributed by atoms with Gasteiger partial charge in [-0.25, -0.2) is 0 Å². The molecule has 0 aliphatic heterocycles. The Hall–Kier alpha value is -1.67. The van der Waals surface area contributed by atoms with Crippen molar-refractivity contribution in [2.24, 2.45) is 0 Å². The van der Waals surface area contributed by atoms with Crippen LogP contribution >= 0.6 is 11.8 Å². The standard InChI is InChI=1S/C15H20N2O2S/c1-4-5-12(10-16)17-15(18)11(2)19-13-6-8-14(20-3)9-7-13/h6-9,11-12H,4-5H2,1-3H3,(H,17,18). The van der Waals surface area contributed by atoms with Gasteiger partial charge in [-0.15, -0.1) is 11.8 Å². The zero-order valence-corrected chi connectivity index (χ0v) is 12.9. The van der Waals surface area contributed by atoms with Crippen LogP contribution in [0.15, 0.2) is 29.2 Å². The van der Waals surface area contributed by atoms with Gasteiger partial charge in [0.2, 0.25) is 0 Å². The summed E-state index contributed by atoms with van der Waals surface area (Å²) in [7, 11) is 0. The van der Waals surface area contributed by atoms with Gasteiger partial charge in [0.25, 0.3) is 5.91 Å². The van der Waals surface area contributed by atoms with Gasteiger partial charge in [0.1, 0.15) is 11.8 Å². The number of thioether (sulfide) groups is 1. The Morgan fingerprint density at radius 3 is 2.60 bits per heavy atom. The first-order chi connectivity index (χ1) is 9.60. The van der Waals surface area contributed by atoms with E-state index in [0.29, 0.717) is 12.2 Å². The summed E-state index contributed by atoms with van der Waals surface area (Å²) >= 11 is 1.65. The molecule has 0 aromatic heterocycles. The Balaban J connectivity index is 2.54. The van der Waals surface area contributed by atoms with Gasteiger partial charge >= 0.3 is 0 Å². The second kappa shape index (κ2) is 8.49. The number of hydrogen-bond acceptors (Lipinski definition) is 4. The summed E-state index contributed by atoms with van der Waals surface area (Å²) in [4.78, 5) is 13.1. The lowest BCUT2D eigenvalue weighted by Gasteiger charge is -2.17. The van der Waals surface area contributed by atoms with E-state index < -0.39 is 12.1 Å². The summed E-state index contributed by atoms with van der Waals surface area (Å²) < 4.78 is 5.57. The number of ether oxygens (including phenoxy) is 1. The van der Waals surface area contributed by atoms with Crippen molar-refractivity contribution in [1.82, 2.24) is 5.32 Å². The fourth-order valence-corrected chi connectivity index (χ4v) is 2.07. The normalized spacial score (nSPS) is 13.1. The van der Waals surface area contributed by atoms with E-state index in [9.17, 15) is 4.79 Å². The predicted octanol–water partition coefficient (Wildman–Crippen LogP) is 2.98. The Labute approximate surface area is 124 Å². The number of amides is 1. The van der Waals surface area contributed by atoms with Gasteiger partial charge in [-0.05, 0) is 43.9 Å². The number of nitrogens with zero attached hydrogens (tertiary/aromatic N) is 1. The van der Waals surface area contributed by atoms with Crippen LogP contribution in [0.4, 0.5) is 0 Å². The Bertz CT molecular complexity index is 468. The third-order valence-electron chi connectivity index (χ3n) is 2.79. The molecule has 0 saturated heterocycles. The molecule has 0 aliphatic carbocycles. The van der Waals surface area contributed by atoms with Gasteiger partial charge in [0.15, 0.2) is 6.10 Å². The quantitative estimate of drug-likeness (QED) is 0.785. The van der Waals surface area contributed by atoms with Crippen molar-refractivity contribution in [3.63, 3.8) is 0 Å². The molecule has 108 valence electrons. The molecule has 0 bridgehead atoms. The monoisotopic (exact) mass is 292 g/mol. The maximum atomic E-state index is 11.9. The molecular formula is C15H20N2O2S. The number of carbonyl (C=O) groups excluding carboxylic acids is 1. The number of nitriles is 1. The lowest BCUT2D eigenvalue weighted by Crippen LogP contribution is -2.41. The highest BCUT2D eigenvalue weighted by Gasteiger charge is 2.18. The zero-order chi connectivity index (χ0) is 15.0. The summed E-state index contributed by atoms with van der Waals surface area (Å²) in [5, 5.41) is 11.6. The first-order valence-electron chi connectivity index (χ1n) is 6.61. The Morgan fingerprint density at radius 2 is 2.10 bits per heavy atom. The van der Waals surface area contributed by atoms with Crippen molar-refractivity contribution in [2.45, 2.75) is 43.7 Å². The smallest absolute Gasteiger partial charge is 0.261 e. The molecule has 1 amide bonds. The van der Waals surface area contributed by atoms with Gasteiger partial charge in [-0.1, -0.05) is 13.3 Å². The lowest BCUT2D eigenvalue weighted by atomic mass is 10.2. The van der Waals surface area contributed by atoms with Crippen LogP contribution in [0.25, 0.3) is 0 Å². The first kappa shape index (κ1) is 16.4. The minimum absolute atomic E-state index is 0.265. The van der Waals surface area contributed by atoms with E-state index in [-0.39, 0.29) is 5.91 Å². The molecule has 0 heterocycles. The molecule has 0 fully saturated rings. The first-order valence-corrected chi connectivity index (χ1v) is 7.83. The molecule has 2 unspecified atom stereocenters. The van der Waals surface area contributed by atoms with Crippen LogP contribution < -0.4 is 10.1 Å². The molecule has 20 heavy (non-hydrogen) atoms. The molecule has 1 rings (SSSR count). The average molecular weight is 292 g/mol. The summed E-state index contributed by atoms with van der Waals surface area (Å²) in [6.45, 7) is 3.65. The van der Waals surface area contributed by atoms with Gasteiger partial charge < -0.3 is 10.1 Å². The maximum absolute atomic E-state index is 11.9. The number of hydrogen-bond donors (Lipinski definition) is 1. The molecular weight excluding hydrogens is 272 g/mol. The lowest BCUT2D eigenvalue weighted by molar-refractivity contribution is -0.127. The minimum Gasteiger partial charge on any atom is -0.481 e. The number of rotatable bonds is 7. The summed E-state index contributed by atoms with van der Waals surface area (Å²) in [6.07, 6.45) is 2.88. The third-order valence-corrected chi connectivity index (χ3v) is 3.53. The highest BCUT2D eigenvalue weighted by molar-refractivity contribution is 7.98. The van der Waals surface area contributed by atoms with Crippen LogP contribution in [0, 0.1) is 11.3 Å². The van der Waals surface area contributed by atoms with Crippen LogP contribution in [0.3, 0.4) is 0 Å². The van der Waals surface area contributed by atoms with Crippen molar-refractivity contribution < 1.29 is 9.53 Å². The zero-order valence-electron chi connectivity index (χ0n) is 12.1. The minimum atomic E-state index is -0.622. The Morgan fingerprint density at radius 1 is 1.45 bits per heavy atom. The second-order valence-corrected chi connectivity index (χ2v) is 5.29. The van der Waals surface area contributed by atoms with Crippen molar-refractivity contribution in [3.05, 3.63) is 24.3 Å². The molecule has 0 radical (unpaired) electrons. The fourth-order valence-electron chi connectivity index (χ4n) is 1.66. The second-order valence-electron chi connectivity index (χ2n) is 4.41. The predicted molar refractivity (Wildman–Crippen MR) is 80.8 cm³/mol. The SMILES string of the molecule is CCCC(C#N)NC(=O)C(C)Oc1ccc(SC)cc1. The van der Waals surface area contributed by atoms with Gasteiger partial charge in [-0.3, -0.25) is 4.79 Å². The largest absolute Gasteiger partial charge is 0.481 e. The third kappa shape index (κ3) is 5.14. The molecule has 1 N–H and O–H groups in total. The van der Waals surface area contributed by atoms with E-state index >= 15 is 0 Å². The van der Waals surface area contributed by atoms with Gasteiger partial charge in [-0.2, -0.15) is 5.26 Å². The van der Waals surface area contributed by atoms with E-state index in [2.05, 4.69) is 11.4 Å². The highest BCUT2D eigenvalue weighted by atomic mass is 32.2. The summed E-state index contributed by atoms with van der Waals surface area (Å²) in [6, 6.07) is 9.19. The van der Waals surface area contributed by atoms with Gasteiger partial charge in [0.05, 0.1) is 6.07 Å². The van der Waals surface area contributed by atoms with Crippen molar-refractivity contribution in [3.8, 4) is 11.8 Å². The van der Waals surface area contributed by atoms with Crippen LogP contribution in [-0.2, 0) is 4.79 Å². The topological polar surface area (TPSA) is 62.1 Å². The van der Waals surface area contributed by atoms with Crippen molar-refractivity contribution in [1.29, 1.82) is 5.26 Å². The van der Waals surface area contributed by atoms with Crippen LogP contribution in [-0.4, -0.2) is 24.3 Å². The van der Waals surface area contributed by atoms with Crippen molar-refractivity contribution in [2.75, 3.05) is 6.26 Å². The van der Waals surface area contributed by atoms with E-state index in [4.69, 9.17) is 10.00 Å². The molecule has 0 aliphatic rings. The number of benzene rings is 1. The summed E-state index contributed by atoms with van der Waals surface area (Å²) in [5.41, 5.74) is 0. The van der Waals surface area contributed by atoms with E-state index in [1.807, 2.05) is 37.4 Å². The Kier molecular flexibility index (Phi) is 6.96. The van der Waals surface area contributed by atoms with Crippen LogP contribution in [0.2, 0.25) is 0 Å². The molecule has 2 atom stereocenters. The van der Waals surface area contributed by atoms with Crippen LogP contribution in [0.1, 0.15) is 26.7 Å². The van der Waals surface area contributed by atoms with Gasteiger partial charge in [0, 0.05) is 4.90 Å². The molecule has 5 heteroatoms.